The van der Waals surface area contributed by atoms with Crippen LogP contribution in [0.2, 0.25) is 0 Å². The molecule has 0 amide bonds. The number of rotatable bonds is 6. The van der Waals surface area contributed by atoms with Gasteiger partial charge in [0.1, 0.15) is 0 Å². The highest BCUT2D eigenvalue weighted by atomic mass is 32.1. The SMILES string of the molecule is CCCCCCCCC#Cc1sc2c(sc3ccsc32)c1C. The first-order valence-corrected chi connectivity index (χ1v) is 10.7. The lowest BCUT2D eigenvalue weighted by atomic mass is 10.1. The number of thiophene rings is 3. The summed E-state index contributed by atoms with van der Waals surface area (Å²) >= 11 is 5.67. The molecule has 0 aromatic carbocycles. The van der Waals surface area contributed by atoms with Gasteiger partial charge >= 0.3 is 0 Å². The number of fused-ring (bicyclic) bond motifs is 3. The average molecular weight is 347 g/mol. The van der Waals surface area contributed by atoms with Crippen molar-refractivity contribution in [3.05, 3.63) is 21.9 Å². The molecule has 3 aromatic rings. The second-order valence-corrected chi connectivity index (χ2v) is 8.74. The Kier molecular flexibility index (Phi) is 5.57. The van der Waals surface area contributed by atoms with Gasteiger partial charge in [-0.2, -0.15) is 0 Å². The van der Waals surface area contributed by atoms with Gasteiger partial charge in [-0.15, -0.1) is 34.0 Å². The van der Waals surface area contributed by atoms with Crippen LogP contribution in [0.4, 0.5) is 0 Å². The Hall–Kier alpha value is -0.820. The van der Waals surface area contributed by atoms with Crippen LogP contribution in [0.15, 0.2) is 11.4 Å². The highest BCUT2D eigenvalue weighted by Gasteiger charge is 2.13. The third-order valence-electron chi connectivity index (χ3n) is 4.00. The van der Waals surface area contributed by atoms with Crippen LogP contribution in [-0.2, 0) is 0 Å². The van der Waals surface area contributed by atoms with E-state index in [0.717, 1.165) is 6.42 Å². The summed E-state index contributed by atoms with van der Waals surface area (Å²) in [6.45, 7) is 4.50. The van der Waals surface area contributed by atoms with Gasteiger partial charge in [-0.05, 0) is 30.4 Å². The molecule has 3 heteroatoms. The van der Waals surface area contributed by atoms with Gasteiger partial charge in [0.15, 0.2) is 0 Å². The highest BCUT2D eigenvalue weighted by Crippen LogP contribution is 2.44. The number of unbranched alkanes of at least 4 members (excludes halogenated alkanes) is 6. The zero-order valence-electron chi connectivity index (χ0n) is 13.3. The van der Waals surface area contributed by atoms with Gasteiger partial charge in [-0.25, -0.2) is 0 Å². The van der Waals surface area contributed by atoms with Crippen molar-refractivity contribution in [3.63, 3.8) is 0 Å². The van der Waals surface area contributed by atoms with Gasteiger partial charge in [0.2, 0.25) is 0 Å². The lowest BCUT2D eigenvalue weighted by molar-refractivity contribution is 0.614. The van der Waals surface area contributed by atoms with Crippen LogP contribution in [0, 0.1) is 18.8 Å². The van der Waals surface area contributed by atoms with Crippen molar-refractivity contribution in [2.24, 2.45) is 0 Å². The summed E-state index contributed by atoms with van der Waals surface area (Å²) in [4.78, 5) is 1.28. The minimum Gasteiger partial charge on any atom is -0.141 e. The van der Waals surface area contributed by atoms with Crippen LogP contribution in [0.1, 0.15) is 62.3 Å². The number of hydrogen-bond acceptors (Lipinski definition) is 3. The minimum absolute atomic E-state index is 1.05. The normalized spacial score (nSPS) is 11.2. The molecule has 116 valence electrons. The molecule has 0 nitrogen and oxygen atoms in total. The molecule has 0 N–H and O–H groups in total. The van der Waals surface area contributed by atoms with Crippen LogP contribution in [-0.4, -0.2) is 0 Å². The van der Waals surface area contributed by atoms with E-state index >= 15 is 0 Å². The van der Waals surface area contributed by atoms with Crippen molar-refractivity contribution < 1.29 is 0 Å². The monoisotopic (exact) mass is 346 g/mol. The maximum Gasteiger partial charge on any atom is 0.0819 e. The quantitative estimate of drug-likeness (QED) is 0.318. The van der Waals surface area contributed by atoms with Crippen molar-refractivity contribution >= 4 is 52.8 Å². The molecule has 0 saturated heterocycles. The summed E-state index contributed by atoms with van der Waals surface area (Å²) in [6.07, 6.45) is 9.11. The lowest BCUT2D eigenvalue weighted by Gasteiger charge is -1.96. The maximum absolute atomic E-state index is 3.43. The van der Waals surface area contributed by atoms with E-state index in [-0.39, 0.29) is 0 Å². The third kappa shape index (κ3) is 3.40. The van der Waals surface area contributed by atoms with Crippen LogP contribution >= 0.6 is 34.0 Å². The molecule has 0 aliphatic heterocycles. The summed E-state index contributed by atoms with van der Waals surface area (Å²) in [7, 11) is 0. The topological polar surface area (TPSA) is 0 Å². The summed E-state index contributed by atoms with van der Waals surface area (Å²) in [5.41, 5.74) is 1.39. The number of hydrogen-bond donors (Lipinski definition) is 0. The van der Waals surface area contributed by atoms with Gasteiger partial charge in [0, 0.05) is 11.1 Å². The van der Waals surface area contributed by atoms with Gasteiger partial charge in [-0.3, -0.25) is 0 Å². The highest BCUT2D eigenvalue weighted by molar-refractivity contribution is 7.38. The molecule has 22 heavy (non-hydrogen) atoms. The van der Waals surface area contributed by atoms with Crippen LogP contribution < -0.4 is 0 Å². The Bertz CT molecular complexity index is 804. The van der Waals surface area contributed by atoms with E-state index in [9.17, 15) is 0 Å². The molecular weight excluding hydrogens is 324 g/mol. The van der Waals surface area contributed by atoms with E-state index in [2.05, 4.69) is 37.1 Å². The molecule has 0 fully saturated rings. The van der Waals surface area contributed by atoms with Crippen molar-refractivity contribution in [2.75, 3.05) is 0 Å². The first-order chi connectivity index (χ1) is 10.8. The fourth-order valence-corrected chi connectivity index (χ4v) is 6.51. The van der Waals surface area contributed by atoms with E-state index in [1.165, 1.54) is 67.8 Å². The minimum atomic E-state index is 1.05. The number of aryl methyl sites for hydroxylation is 1. The van der Waals surface area contributed by atoms with Crippen molar-refractivity contribution in [1.29, 1.82) is 0 Å². The fraction of sp³-hybridized carbons (Fsp3) is 0.474. The summed E-state index contributed by atoms with van der Waals surface area (Å²) in [6, 6.07) is 2.24. The molecule has 0 bridgehead atoms. The molecule has 0 aliphatic carbocycles. The first-order valence-electron chi connectivity index (χ1n) is 8.19. The lowest BCUT2D eigenvalue weighted by Crippen LogP contribution is -1.78. The molecule has 0 saturated carbocycles. The van der Waals surface area contributed by atoms with Gasteiger partial charge in [0.05, 0.1) is 19.0 Å². The van der Waals surface area contributed by atoms with E-state index in [1.54, 1.807) is 0 Å². The smallest absolute Gasteiger partial charge is 0.0819 e. The maximum atomic E-state index is 3.43. The summed E-state index contributed by atoms with van der Waals surface area (Å²) in [5.74, 6) is 6.82. The Morgan fingerprint density at radius 1 is 0.955 bits per heavy atom. The molecule has 3 heterocycles. The van der Waals surface area contributed by atoms with E-state index in [1.807, 2.05) is 34.0 Å². The molecule has 0 spiro atoms. The largest absolute Gasteiger partial charge is 0.141 e. The van der Waals surface area contributed by atoms with E-state index < -0.39 is 0 Å². The Morgan fingerprint density at radius 2 is 1.77 bits per heavy atom. The zero-order chi connectivity index (χ0) is 15.4. The molecule has 3 aromatic heterocycles. The molecule has 0 aliphatic rings. The van der Waals surface area contributed by atoms with Gasteiger partial charge in [-0.1, -0.05) is 50.9 Å². The van der Waals surface area contributed by atoms with Crippen LogP contribution in [0.3, 0.4) is 0 Å². The third-order valence-corrected chi connectivity index (χ3v) is 7.81. The summed E-state index contributed by atoms with van der Waals surface area (Å²) < 4.78 is 5.80. The first kappa shape index (κ1) is 16.1. The van der Waals surface area contributed by atoms with Gasteiger partial charge < -0.3 is 0 Å². The van der Waals surface area contributed by atoms with Crippen molar-refractivity contribution in [2.45, 2.75) is 58.8 Å². The Balaban J connectivity index is 1.61. The molecule has 3 rings (SSSR count). The van der Waals surface area contributed by atoms with Gasteiger partial charge in [0.25, 0.3) is 0 Å². The molecule has 0 unspecified atom stereocenters. The Labute approximate surface area is 145 Å². The standard InChI is InChI=1S/C19H22S3/c1-3-4-5-6-7-8-9-10-11-15-14(2)17-19(21-15)18-16(22-17)12-13-20-18/h12-13H,3-9H2,1-2H3. The van der Waals surface area contributed by atoms with Crippen LogP contribution in [0.5, 0.6) is 0 Å². The average Bonchev–Trinajstić information content (AvgIpc) is 3.16. The van der Waals surface area contributed by atoms with Crippen LogP contribution in [0.25, 0.3) is 18.8 Å². The summed E-state index contributed by atoms with van der Waals surface area (Å²) in [5, 5.41) is 2.19. The second kappa shape index (κ2) is 7.64. The second-order valence-electron chi connectivity index (χ2n) is 5.75. The zero-order valence-corrected chi connectivity index (χ0v) is 15.8. The Morgan fingerprint density at radius 3 is 2.64 bits per heavy atom. The van der Waals surface area contributed by atoms with Crippen molar-refractivity contribution in [1.82, 2.24) is 0 Å². The van der Waals surface area contributed by atoms with E-state index in [4.69, 9.17) is 0 Å². The predicted octanol–water partition coefficient (Wildman–Crippen LogP) is 7.59. The van der Waals surface area contributed by atoms with Crippen molar-refractivity contribution in [3.8, 4) is 11.8 Å². The fourth-order valence-electron chi connectivity index (χ4n) is 2.68. The van der Waals surface area contributed by atoms with E-state index in [0.29, 0.717) is 0 Å². The predicted molar refractivity (Wildman–Crippen MR) is 105 cm³/mol. The molecule has 0 atom stereocenters. The molecular formula is C19H22S3. The molecule has 0 radical (unpaired) electrons.